The van der Waals surface area contributed by atoms with Crippen molar-refractivity contribution in [2.24, 2.45) is 0 Å². The number of rotatable bonds is 2. The van der Waals surface area contributed by atoms with Gasteiger partial charge in [-0.25, -0.2) is 17.6 Å². The summed E-state index contributed by atoms with van der Waals surface area (Å²) in [4.78, 5) is 0. The molecular weight excluding hydrogens is 278 g/mol. The van der Waals surface area contributed by atoms with Crippen LogP contribution in [0.2, 0.25) is 0 Å². The van der Waals surface area contributed by atoms with Gasteiger partial charge in [-0.1, -0.05) is 0 Å². The molecule has 1 aliphatic rings. The van der Waals surface area contributed by atoms with Gasteiger partial charge >= 0.3 is 30.2 Å². The maximum atomic E-state index is 12.9. The lowest BCUT2D eigenvalue weighted by Crippen LogP contribution is -2.56. The van der Waals surface area contributed by atoms with Gasteiger partial charge in [0.15, 0.2) is 0 Å². The third-order valence-corrected chi connectivity index (χ3v) is 2.04. The largest absolute Gasteiger partial charge is 0.425 e. The average molecular weight is 280 g/mol. The summed E-state index contributed by atoms with van der Waals surface area (Å²) in [5, 5.41) is 0. The molecule has 1 saturated heterocycles. The Bertz CT molecular complexity index is 314. The van der Waals surface area contributed by atoms with E-state index < -0.39 is 36.4 Å². The van der Waals surface area contributed by atoms with Crippen LogP contribution >= 0.6 is 0 Å². The van der Waals surface area contributed by atoms with Gasteiger partial charge in [-0.3, -0.25) is 4.74 Å². The molecular formula is C6H2F10O. The van der Waals surface area contributed by atoms with Gasteiger partial charge in [0, 0.05) is 0 Å². The van der Waals surface area contributed by atoms with E-state index in [1.165, 1.54) is 0 Å². The molecule has 17 heavy (non-hydrogen) atoms. The van der Waals surface area contributed by atoms with Crippen molar-refractivity contribution < 1.29 is 48.6 Å². The molecule has 0 aliphatic carbocycles. The normalized spacial score (nSPS) is 36.5. The van der Waals surface area contributed by atoms with Crippen LogP contribution in [0.15, 0.2) is 0 Å². The zero-order chi connectivity index (χ0) is 13.9. The first-order valence-corrected chi connectivity index (χ1v) is 3.75. The molecule has 1 aliphatic heterocycles. The van der Waals surface area contributed by atoms with Crippen molar-refractivity contribution in [1.29, 1.82) is 0 Å². The van der Waals surface area contributed by atoms with Crippen LogP contribution in [-0.2, 0) is 4.74 Å². The van der Waals surface area contributed by atoms with Crippen molar-refractivity contribution in [2.75, 3.05) is 0 Å². The van der Waals surface area contributed by atoms with Crippen LogP contribution in [0, 0.1) is 0 Å². The van der Waals surface area contributed by atoms with Crippen LogP contribution in [0.3, 0.4) is 0 Å². The lowest BCUT2D eigenvalue weighted by Gasteiger charge is -2.28. The second kappa shape index (κ2) is 3.39. The molecule has 2 atom stereocenters. The van der Waals surface area contributed by atoms with Crippen LogP contribution in [0.5, 0.6) is 0 Å². The minimum absolute atomic E-state index is 2.23. The molecule has 2 unspecified atom stereocenters. The lowest BCUT2D eigenvalue weighted by molar-refractivity contribution is -0.382. The predicted molar refractivity (Wildman–Crippen MR) is 30.7 cm³/mol. The summed E-state index contributed by atoms with van der Waals surface area (Å²) in [5.74, 6) is -18.0. The Morgan fingerprint density at radius 1 is 1.00 bits per heavy atom. The zero-order valence-corrected chi connectivity index (χ0v) is 7.34. The highest BCUT2D eigenvalue weighted by atomic mass is 19.3. The van der Waals surface area contributed by atoms with Crippen molar-refractivity contribution in [3.63, 3.8) is 0 Å². The molecule has 0 aromatic carbocycles. The van der Waals surface area contributed by atoms with E-state index in [1.54, 1.807) is 0 Å². The molecule has 1 heterocycles. The molecule has 0 aromatic rings. The van der Waals surface area contributed by atoms with Gasteiger partial charge in [0.25, 0.3) is 0 Å². The Morgan fingerprint density at radius 3 is 1.65 bits per heavy atom. The second-order valence-electron chi connectivity index (χ2n) is 3.17. The summed E-state index contributed by atoms with van der Waals surface area (Å²) in [6, 6.07) is 0. The first-order valence-electron chi connectivity index (χ1n) is 3.75. The highest BCUT2D eigenvalue weighted by Crippen LogP contribution is 2.58. The Kier molecular flexibility index (Phi) is 2.85. The number of hydrogen-bond acceptors (Lipinski definition) is 1. The number of alkyl halides is 10. The van der Waals surface area contributed by atoms with Crippen LogP contribution < -0.4 is 0 Å². The number of hydrogen-bond donors (Lipinski definition) is 0. The number of ether oxygens (including phenoxy) is 1. The van der Waals surface area contributed by atoms with E-state index in [0.717, 1.165) is 0 Å². The Labute approximate surface area is 86.3 Å². The van der Waals surface area contributed by atoms with Gasteiger partial charge in [-0.2, -0.15) is 26.3 Å². The van der Waals surface area contributed by atoms with E-state index >= 15 is 0 Å². The van der Waals surface area contributed by atoms with Gasteiger partial charge in [0.05, 0.1) is 0 Å². The van der Waals surface area contributed by atoms with Crippen molar-refractivity contribution in [2.45, 2.75) is 36.4 Å². The topological polar surface area (TPSA) is 9.23 Å². The summed E-state index contributed by atoms with van der Waals surface area (Å²) >= 11 is 0. The smallest absolute Gasteiger partial charge is 0.269 e. The third-order valence-electron chi connectivity index (χ3n) is 2.04. The Hall–Kier alpha value is -0.740. The molecule has 11 heteroatoms. The SMILES string of the molecule is FC(F)C(F)(F)C1(F)OC(F)(F)C(F)(F)C1F. The molecule has 0 aromatic heterocycles. The average Bonchev–Trinajstić information content (AvgIpc) is 2.25. The zero-order valence-electron chi connectivity index (χ0n) is 7.34. The van der Waals surface area contributed by atoms with E-state index in [4.69, 9.17) is 0 Å². The van der Waals surface area contributed by atoms with E-state index in [9.17, 15) is 43.9 Å². The van der Waals surface area contributed by atoms with E-state index in [1.807, 2.05) is 0 Å². The molecule has 1 rings (SSSR count). The molecule has 0 N–H and O–H groups in total. The number of halogens is 10. The van der Waals surface area contributed by atoms with Crippen molar-refractivity contribution in [3.8, 4) is 0 Å². The summed E-state index contributed by atoms with van der Waals surface area (Å²) in [5.41, 5.74) is 0. The summed E-state index contributed by atoms with van der Waals surface area (Å²) in [6.45, 7) is 0. The molecule has 0 saturated carbocycles. The summed E-state index contributed by atoms with van der Waals surface area (Å²) < 4.78 is 125. The van der Waals surface area contributed by atoms with Gasteiger partial charge in [0.1, 0.15) is 0 Å². The van der Waals surface area contributed by atoms with Crippen molar-refractivity contribution in [3.05, 3.63) is 0 Å². The molecule has 0 bridgehead atoms. The minimum atomic E-state index is -6.16. The fourth-order valence-electron chi connectivity index (χ4n) is 1.07. The minimum Gasteiger partial charge on any atom is -0.269 e. The van der Waals surface area contributed by atoms with E-state index in [2.05, 4.69) is 4.74 Å². The fraction of sp³-hybridized carbons (Fsp3) is 1.00. The van der Waals surface area contributed by atoms with Gasteiger partial charge in [-0.05, 0) is 0 Å². The monoisotopic (exact) mass is 280 g/mol. The Balaban J connectivity index is 3.26. The quantitative estimate of drug-likeness (QED) is 0.706. The van der Waals surface area contributed by atoms with Gasteiger partial charge in [0.2, 0.25) is 6.17 Å². The standard InChI is InChI=1S/C6H2F10O/c7-1-3(10,11)6(15,16)17-5(1,14)4(12,13)2(8)9/h1-2H. The van der Waals surface area contributed by atoms with Crippen LogP contribution in [0.25, 0.3) is 0 Å². The second-order valence-corrected chi connectivity index (χ2v) is 3.17. The fourth-order valence-corrected chi connectivity index (χ4v) is 1.07. The summed E-state index contributed by atoms with van der Waals surface area (Å²) in [7, 11) is 0. The van der Waals surface area contributed by atoms with E-state index in [0.29, 0.717) is 0 Å². The molecule has 1 nitrogen and oxygen atoms in total. The van der Waals surface area contributed by atoms with Crippen molar-refractivity contribution >= 4 is 0 Å². The Morgan fingerprint density at radius 2 is 1.41 bits per heavy atom. The summed E-state index contributed by atoms with van der Waals surface area (Å²) in [6.07, 6.45) is -15.9. The highest BCUT2D eigenvalue weighted by Gasteiger charge is 2.86. The molecule has 0 spiro atoms. The third kappa shape index (κ3) is 1.58. The maximum Gasteiger partial charge on any atom is 0.425 e. The van der Waals surface area contributed by atoms with Crippen LogP contribution in [-0.4, -0.2) is 36.4 Å². The molecule has 1 fully saturated rings. The van der Waals surface area contributed by atoms with Crippen LogP contribution in [0.1, 0.15) is 0 Å². The highest BCUT2D eigenvalue weighted by molar-refractivity contribution is 5.08. The van der Waals surface area contributed by atoms with Crippen molar-refractivity contribution in [1.82, 2.24) is 0 Å². The lowest BCUT2D eigenvalue weighted by atomic mass is 10.0. The molecule has 0 radical (unpaired) electrons. The van der Waals surface area contributed by atoms with Gasteiger partial charge < -0.3 is 0 Å². The van der Waals surface area contributed by atoms with E-state index in [-0.39, 0.29) is 0 Å². The molecule has 0 amide bonds. The first kappa shape index (κ1) is 14.3. The molecule has 102 valence electrons. The van der Waals surface area contributed by atoms with Crippen LogP contribution in [0.4, 0.5) is 43.9 Å². The first-order chi connectivity index (χ1) is 7.31. The maximum absolute atomic E-state index is 12.9. The predicted octanol–water partition coefficient (Wildman–Crippen LogP) is 3.15. The van der Waals surface area contributed by atoms with Gasteiger partial charge in [-0.15, -0.1) is 0 Å².